The normalized spacial score (nSPS) is 14.9. The van der Waals surface area contributed by atoms with Gasteiger partial charge in [0.25, 0.3) is 0 Å². The van der Waals surface area contributed by atoms with Gasteiger partial charge in [-0.25, -0.2) is 0 Å². The van der Waals surface area contributed by atoms with Gasteiger partial charge in [0.15, 0.2) is 0 Å². The van der Waals surface area contributed by atoms with Crippen LogP contribution in [0.2, 0.25) is 0 Å². The smallest absolute Gasteiger partial charge is 0.223 e. The molecule has 0 aromatic heterocycles. The molecule has 2 N–H and O–H groups in total. The van der Waals surface area contributed by atoms with E-state index < -0.39 is 0 Å². The van der Waals surface area contributed by atoms with E-state index in [2.05, 4.69) is 13.8 Å². The van der Waals surface area contributed by atoms with Gasteiger partial charge in [-0.2, -0.15) is 0 Å². The van der Waals surface area contributed by atoms with E-state index in [4.69, 9.17) is 5.73 Å². The van der Waals surface area contributed by atoms with E-state index in [1.165, 1.54) is 0 Å². The maximum absolute atomic E-state index is 11.6. The minimum Gasteiger partial charge on any atom is -0.345 e. The summed E-state index contributed by atoms with van der Waals surface area (Å²) in [6.07, 6.45) is 2.45. The van der Waals surface area contributed by atoms with Crippen LogP contribution >= 0.6 is 0 Å². The Kier molecular flexibility index (Phi) is 6.54. The number of hydrogen-bond acceptors (Lipinski definition) is 2. The van der Waals surface area contributed by atoms with Crippen molar-refractivity contribution < 1.29 is 4.79 Å². The maximum Gasteiger partial charge on any atom is 0.223 e. The molecular weight excluding hydrogens is 176 g/mol. The van der Waals surface area contributed by atoms with Crippen molar-refractivity contribution in [1.82, 2.24) is 4.90 Å². The fourth-order valence-corrected chi connectivity index (χ4v) is 1.22. The molecule has 0 heterocycles. The van der Waals surface area contributed by atoms with Crippen molar-refractivity contribution in [2.75, 3.05) is 13.6 Å². The first-order chi connectivity index (χ1) is 6.51. The molecule has 0 aliphatic carbocycles. The van der Waals surface area contributed by atoms with Gasteiger partial charge in [-0.15, -0.1) is 0 Å². The number of nitrogens with two attached hydrogens (primary N) is 1. The van der Waals surface area contributed by atoms with Gasteiger partial charge in [-0.1, -0.05) is 27.2 Å². The summed E-state index contributed by atoms with van der Waals surface area (Å²) in [5, 5.41) is 0. The Morgan fingerprint density at radius 1 is 1.36 bits per heavy atom. The molecule has 0 rings (SSSR count). The molecule has 0 aromatic carbocycles. The summed E-state index contributed by atoms with van der Waals surface area (Å²) in [4.78, 5) is 13.4. The van der Waals surface area contributed by atoms with Crippen LogP contribution < -0.4 is 5.73 Å². The van der Waals surface area contributed by atoms with Crippen molar-refractivity contribution in [2.45, 2.75) is 46.1 Å². The molecule has 3 heteroatoms. The van der Waals surface area contributed by atoms with E-state index >= 15 is 0 Å². The van der Waals surface area contributed by atoms with Crippen LogP contribution in [0.1, 0.15) is 40.0 Å². The molecule has 0 bridgehead atoms. The lowest BCUT2D eigenvalue weighted by Crippen LogP contribution is -2.35. The van der Waals surface area contributed by atoms with Crippen LogP contribution in [-0.2, 0) is 4.79 Å². The predicted molar refractivity (Wildman–Crippen MR) is 60.0 cm³/mol. The number of hydrogen-bond donors (Lipinski definition) is 1. The highest BCUT2D eigenvalue weighted by Crippen LogP contribution is 2.05. The van der Waals surface area contributed by atoms with Gasteiger partial charge >= 0.3 is 0 Å². The van der Waals surface area contributed by atoms with Gasteiger partial charge in [0, 0.05) is 26.1 Å². The quantitative estimate of drug-likeness (QED) is 0.708. The second-order valence-electron chi connectivity index (χ2n) is 4.16. The molecule has 2 unspecified atom stereocenters. The van der Waals surface area contributed by atoms with Crippen LogP contribution in [0.3, 0.4) is 0 Å². The van der Waals surface area contributed by atoms with Gasteiger partial charge in [0.2, 0.25) is 5.91 Å². The van der Waals surface area contributed by atoms with Crippen LogP contribution in [-0.4, -0.2) is 30.4 Å². The fraction of sp³-hybridized carbons (Fsp3) is 0.909. The summed E-state index contributed by atoms with van der Waals surface area (Å²) >= 11 is 0. The minimum atomic E-state index is 0.0156. The number of carbonyl (C=O) groups is 1. The first kappa shape index (κ1) is 13.4. The van der Waals surface area contributed by atoms with Crippen molar-refractivity contribution >= 4 is 5.91 Å². The second kappa shape index (κ2) is 6.82. The van der Waals surface area contributed by atoms with E-state index in [0.29, 0.717) is 12.3 Å². The summed E-state index contributed by atoms with van der Waals surface area (Å²) in [6.45, 7) is 7.14. The Balaban J connectivity index is 3.87. The molecule has 0 fully saturated rings. The third-order valence-electron chi connectivity index (χ3n) is 2.67. The van der Waals surface area contributed by atoms with Gasteiger partial charge in [0.1, 0.15) is 0 Å². The highest BCUT2D eigenvalue weighted by molar-refractivity contribution is 5.76. The third kappa shape index (κ3) is 5.22. The van der Waals surface area contributed by atoms with Crippen LogP contribution in [0, 0.1) is 5.92 Å². The zero-order valence-corrected chi connectivity index (χ0v) is 9.92. The molecule has 3 nitrogen and oxygen atoms in total. The standard InChI is InChI=1S/C11H24N2O/c1-5-9(3)8-13(4)11(14)7-10(12)6-2/h9-10H,5-8,12H2,1-4H3. The van der Waals surface area contributed by atoms with E-state index in [9.17, 15) is 4.79 Å². The van der Waals surface area contributed by atoms with Gasteiger partial charge < -0.3 is 10.6 Å². The number of nitrogens with zero attached hydrogens (tertiary/aromatic N) is 1. The first-order valence-corrected chi connectivity index (χ1v) is 5.50. The molecule has 0 spiro atoms. The van der Waals surface area contributed by atoms with Gasteiger partial charge in [-0.3, -0.25) is 4.79 Å². The van der Waals surface area contributed by atoms with E-state index in [0.717, 1.165) is 19.4 Å². The van der Waals surface area contributed by atoms with E-state index in [-0.39, 0.29) is 11.9 Å². The Labute approximate surface area is 87.6 Å². The molecule has 0 radical (unpaired) electrons. The summed E-state index contributed by atoms with van der Waals surface area (Å²) < 4.78 is 0. The molecule has 2 atom stereocenters. The first-order valence-electron chi connectivity index (χ1n) is 5.50. The molecule has 1 amide bonds. The highest BCUT2D eigenvalue weighted by Gasteiger charge is 2.13. The Bertz CT molecular complexity index is 171. The Morgan fingerprint density at radius 2 is 1.93 bits per heavy atom. The summed E-state index contributed by atoms with van der Waals surface area (Å²) in [5.41, 5.74) is 5.73. The van der Waals surface area contributed by atoms with Crippen molar-refractivity contribution in [2.24, 2.45) is 11.7 Å². The SMILES string of the molecule is CCC(C)CN(C)C(=O)CC(N)CC. The maximum atomic E-state index is 11.6. The molecule has 0 aromatic rings. The third-order valence-corrected chi connectivity index (χ3v) is 2.67. The van der Waals surface area contributed by atoms with Crippen molar-refractivity contribution in [3.8, 4) is 0 Å². The second-order valence-corrected chi connectivity index (χ2v) is 4.16. The topological polar surface area (TPSA) is 46.3 Å². The number of carbonyl (C=O) groups excluding carboxylic acids is 1. The average Bonchev–Trinajstić information content (AvgIpc) is 2.17. The van der Waals surface area contributed by atoms with Gasteiger partial charge in [0.05, 0.1) is 0 Å². The molecule has 0 aliphatic rings. The van der Waals surface area contributed by atoms with E-state index in [1.807, 2.05) is 14.0 Å². The summed E-state index contributed by atoms with van der Waals surface area (Å²) in [6, 6.07) is 0.0156. The van der Waals surface area contributed by atoms with Crippen molar-refractivity contribution in [3.63, 3.8) is 0 Å². The van der Waals surface area contributed by atoms with Crippen molar-refractivity contribution in [1.29, 1.82) is 0 Å². The summed E-state index contributed by atoms with van der Waals surface area (Å²) in [5.74, 6) is 0.737. The van der Waals surface area contributed by atoms with E-state index in [1.54, 1.807) is 4.90 Å². The van der Waals surface area contributed by atoms with Gasteiger partial charge in [-0.05, 0) is 12.3 Å². The minimum absolute atomic E-state index is 0.0156. The predicted octanol–water partition coefficient (Wildman–Crippen LogP) is 1.62. The number of amides is 1. The lowest BCUT2D eigenvalue weighted by molar-refractivity contribution is -0.130. The molecule has 14 heavy (non-hydrogen) atoms. The number of rotatable bonds is 6. The monoisotopic (exact) mass is 200 g/mol. The lowest BCUT2D eigenvalue weighted by Gasteiger charge is -2.22. The van der Waals surface area contributed by atoms with Crippen LogP contribution in [0.5, 0.6) is 0 Å². The average molecular weight is 200 g/mol. The molecule has 84 valence electrons. The van der Waals surface area contributed by atoms with Crippen LogP contribution in [0.15, 0.2) is 0 Å². The van der Waals surface area contributed by atoms with Crippen LogP contribution in [0.4, 0.5) is 0 Å². The Morgan fingerprint density at radius 3 is 2.36 bits per heavy atom. The molecular formula is C11H24N2O. The zero-order chi connectivity index (χ0) is 11.1. The molecule has 0 aliphatic heterocycles. The molecule has 0 saturated heterocycles. The molecule has 0 saturated carbocycles. The fourth-order valence-electron chi connectivity index (χ4n) is 1.22. The summed E-state index contributed by atoms with van der Waals surface area (Å²) in [7, 11) is 1.86. The largest absolute Gasteiger partial charge is 0.345 e. The van der Waals surface area contributed by atoms with Crippen molar-refractivity contribution in [3.05, 3.63) is 0 Å². The Hall–Kier alpha value is -0.570. The lowest BCUT2D eigenvalue weighted by atomic mass is 10.1. The highest BCUT2D eigenvalue weighted by atomic mass is 16.2. The van der Waals surface area contributed by atoms with Crippen LogP contribution in [0.25, 0.3) is 0 Å². The zero-order valence-electron chi connectivity index (χ0n) is 9.92.